The van der Waals surface area contributed by atoms with Crippen LogP contribution in [0.3, 0.4) is 0 Å². The molecular weight excluding hydrogens is 349 g/mol. The number of alkyl halides is 3. The minimum absolute atomic E-state index is 0.0935. The van der Waals surface area contributed by atoms with Crippen molar-refractivity contribution < 1.29 is 21.6 Å². The van der Waals surface area contributed by atoms with Crippen molar-refractivity contribution in [2.45, 2.75) is 11.1 Å². The Labute approximate surface area is 117 Å². The zero-order valence-corrected chi connectivity index (χ0v) is 12.3. The zero-order chi connectivity index (χ0) is 14.7. The van der Waals surface area contributed by atoms with Crippen molar-refractivity contribution in [2.24, 2.45) is 0 Å². The van der Waals surface area contributed by atoms with Crippen molar-refractivity contribution in [2.75, 3.05) is 20.1 Å². The molecule has 0 atom stereocenters. The molecule has 19 heavy (non-hydrogen) atoms. The van der Waals surface area contributed by atoms with Gasteiger partial charge in [-0.05, 0) is 25.2 Å². The molecule has 0 amide bonds. The Morgan fingerprint density at radius 1 is 1.26 bits per heavy atom. The first-order chi connectivity index (χ1) is 8.68. The van der Waals surface area contributed by atoms with Gasteiger partial charge in [0.25, 0.3) is 0 Å². The lowest BCUT2D eigenvalue weighted by molar-refractivity contribution is -0.138. The fourth-order valence-corrected chi connectivity index (χ4v) is 2.81. The van der Waals surface area contributed by atoms with E-state index in [1.165, 1.54) is 0 Å². The van der Waals surface area contributed by atoms with Crippen molar-refractivity contribution >= 4 is 26.0 Å². The molecule has 0 saturated carbocycles. The second-order valence-corrected chi connectivity index (χ2v) is 6.26. The van der Waals surface area contributed by atoms with E-state index in [1.54, 1.807) is 7.05 Å². The third-order valence-electron chi connectivity index (χ3n) is 2.22. The van der Waals surface area contributed by atoms with Gasteiger partial charge in [-0.3, -0.25) is 0 Å². The summed E-state index contributed by atoms with van der Waals surface area (Å²) in [6.07, 6.45) is -4.62. The van der Waals surface area contributed by atoms with Crippen molar-refractivity contribution in [1.82, 2.24) is 10.0 Å². The molecule has 4 nitrogen and oxygen atoms in total. The van der Waals surface area contributed by atoms with Gasteiger partial charge in [0.1, 0.15) is 0 Å². The van der Waals surface area contributed by atoms with Crippen LogP contribution in [-0.4, -0.2) is 28.6 Å². The van der Waals surface area contributed by atoms with E-state index in [4.69, 9.17) is 0 Å². The number of rotatable bonds is 5. The minimum atomic E-state index is -4.62. The molecule has 0 aliphatic carbocycles. The summed E-state index contributed by atoms with van der Waals surface area (Å²) in [7, 11) is -2.31. The maximum absolute atomic E-state index is 12.7. The highest BCUT2D eigenvalue weighted by molar-refractivity contribution is 9.10. The molecule has 2 N–H and O–H groups in total. The van der Waals surface area contributed by atoms with Gasteiger partial charge in [0, 0.05) is 17.6 Å². The lowest BCUT2D eigenvalue weighted by Gasteiger charge is -2.12. The Morgan fingerprint density at radius 3 is 2.42 bits per heavy atom. The van der Waals surface area contributed by atoms with Gasteiger partial charge in [0.15, 0.2) is 0 Å². The molecule has 108 valence electrons. The molecule has 0 aromatic heterocycles. The maximum atomic E-state index is 12.7. The van der Waals surface area contributed by atoms with Crippen LogP contribution in [0.2, 0.25) is 0 Å². The molecule has 1 rings (SSSR count). The lowest BCUT2D eigenvalue weighted by atomic mass is 10.2. The summed E-state index contributed by atoms with van der Waals surface area (Å²) in [4.78, 5) is -0.417. The van der Waals surface area contributed by atoms with E-state index in [2.05, 4.69) is 26.0 Å². The number of halogens is 4. The van der Waals surface area contributed by atoms with Crippen LogP contribution in [0.25, 0.3) is 0 Å². The summed E-state index contributed by atoms with van der Waals surface area (Å²) in [5, 5.41) is 2.72. The lowest BCUT2D eigenvalue weighted by Crippen LogP contribution is -2.30. The van der Waals surface area contributed by atoms with Crippen molar-refractivity contribution in [1.29, 1.82) is 0 Å². The molecule has 0 saturated heterocycles. The molecule has 0 fully saturated rings. The van der Waals surface area contributed by atoms with Gasteiger partial charge < -0.3 is 5.32 Å². The number of hydrogen-bond acceptors (Lipinski definition) is 3. The summed E-state index contributed by atoms with van der Waals surface area (Å²) in [5.74, 6) is 0. The van der Waals surface area contributed by atoms with Crippen LogP contribution in [0.15, 0.2) is 27.6 Å². The third-order valence-corrected chi connectivity index (χ3v) is 4.37. The summed E-state index contributed by atoms with van der Waals surface area (Å²) in [6, 6.07) is 2.78. The number of hydrogen-bond donors (Lipinski definition) is 2. The van der Waals surface area contributed by atoms with Crippen LogP contribution in [-0.2, 0) is 16.2 Å². The quantitative estimate of drug-likeness (QED) is 0.789. The molecular formula is C10H12BrF3N2O2S. The molecule has 0 unspecified atom stereocenters. The van der Waals surface area contributed by atoms with Gasteiger partial charge >= 0.3 is 6.18 Å². The van der Waals surface area contributed by atoms with Gasteiger partial charge in [-0.2, -0.15) is 13.2 Å². The number of likely N-dealkylation sites (N-methyl/N-ethyl adjacent to an activating group) is 1. The van der Waals surface area contributed by atoms with Crippen molar-refractivity contribution in [3.8, 4) is 0 Å². The highest BCUT2D eigenvalue weighted by Crippen LogP contribution is 2.35. The largest absolute Gasteiger partial charge is 0.417 e. The Bertz CT molecular complexity index is 546. The second kappa shape index (κ2) is 6.21. The van der Waals surface area contributed by atoms with E-state index in [-0.39, 0.29) is 11.0 Å². The maximum Gasteiger partial charge on any atom is 0.417 e. The van der Waals surface area contributed by atoms with E-state index < -0.39 is 26.7 Å². The molecule has 9 heteroatoms. The van der Waals surface area contributed by atoms with E-state index in [0.717, 1.165) is 12.1 Å². The van der Waals surface area contributed by atoms with E-state index in [9.17, 15) is 21.6 Å². The molecule has 1 aromatic rings. The Kier molecular flexibility index (Phi) is 5.36. The first kappa shape index (κ1) is 16.4. The molecule has 0 aliphatic rings. The van der Waals surface area contributed by atoms with Crippen LogP contribution < -0.4 is 10.0 Å². The molecule has 0 radical (unpaired) electrons. The highest BCUT2D eigenvalue weighted by Gasteiger charge is 2.34. The van der Waals surface area contributed by atoms with E-state index in [0.29, 0.717) is 12.6 Å². The number of benzene rings is 1. The van der Waals surface area contributed by atoms with Gasteiger partial charge in [-0.15, -0.1) is 0 Å². The molecule has 0 heterocycles. The molecule has 0 bridgehead atoms. The van der Waals surface area contributed by atoms with Crippen LogP contribution in [0, 0.1) is 0 Å². The molecule has 0 spiro atoms. The summed E-state index contributed by atoms with van der Waals surface area (Å²) >= 11 is 2.75. The minimum Gasteiger partial charge on any atom is -0.318 e. The zero-order valence-electron chi connectivity index (χ0n) is 9.88. The van der Waals surface area contributed by atoms with E-state index in [1.807, 2.05) is 0 Å². The monoisotopic (exact) mass is 360 g/mol. The summed E-state index contributed by atoms with van der Waals surface area (Å²) in [5.41, 5.74) is -1.02. The predicted molar refractivity (Wildman–Crippen MR) is 68.3 cm³/mol. The summed E-state index contributed by atoms with van der Waals surface area (Å²) < 4.78 is 63.6. The van der Waals surface area contributed by atoms with Gasteiger partial charge in [-0.1, -0.05) is 15.9 Å². The van der Waals surface area contributed by atoms with Gasteiger partial charge in [0.2, 0.25) is 10.0 Å². The predicted octanol–water partition coefficient (Wildman–Crippen LogP) is 1.97. The van der Waals surface area contributed by atoms with Gasteiger partial charge in [0.05, 0.1) is 10.5 Å². The van der Waals surface area contributed by atoms with Crippen molar-refractivity contribution in [3.05, 3.63) is 28.2 Å². The molecule has 1 aromatic carbocycles. The van der Waals surface area contributed by atoms with Crippen LogP contribution >= 0.6 is 15.9 Å². The van der Waals surface area contributed by atoms with E-state index >= 15 is 0 Å². The Hall–Kier alpha value is -0.640. The fourth-order valence-electron chi connectivity index (χ4n) is 1.28. The Balaban J connectivity index is 3.09. The third kappa shape index (κ3) is 4.44. The average Bonchev–Trinajstić information content (AvgIpc) is 2.27. The average molecular weight is 361 g/mol. The van der Waals surface area contributed by atoms with Crippen molar-refractivity contribution in [3.63, 3.8) is 0 Å². The Morgan fingerprint density at radius 2 is 1.89 bits per heavy atom. The van der Waals surface area contributed by atoms with Gasteiger partial charge in [-0.25, -0.2) is 13.1 Å². The normalized spacial score (nSPS) is 12.7. The first-order valence-corrected chi connectivity index (χ1v) is 7.47. The topological polar surface area (TPSA) is 58.2 Å². The second-order valence-electron chi connectivity index (χ2n) is 3.64. The standard InChI is InChI=1S/C10H12BrF3N2O2S/c1-15-4-5-16-19(17,18)7-2-3-9(11)8(6-7)10(12,13)14/h2-3,6,15-16H,4-5H2,1H3. The smallest absolute Gasteiger partial charge is 0.318 e. The number of nitrogens with one attached hydrogen (secondary N) is 2. The first-order valence-electron chi connectivity index (χ1n) is 5.19. The van der Waals surface area contributed by atoms with Crippen LogP contribution in [0.1, 0.15) is 5.56 Å². The fraction of sp³-hybridized carbons (Fsp3) is 0.400. The molecule has 0 aliphatic heterocycles. The summed E-state index contributed by atoms with van der Waals surface area (Å²) in [6.45, 7) is 0.470. The highest BCUT2D eigenvalue weighted by atomic mass is 79.9. The van der Waals surface area contributed by atoms with Crippen LogP contribution in [0.4, 0.5) is 13.2 Å². The van der Waals surface area contributed by atoms with Crippen LogP contribution in [0.5, 0.6) is 0 Å². The number of sulfonamides is 1. The SMILES string of the molecule is CNCCNS(=O)(=O)c1ccc(Br)c(C(F)(F)F)c1.